The number of methoxy groups -OCH3 is 1. The molecule has 2 N–H and O–H groups in total. The molecule has 4 bridgehead atoms. The number of rotatable bonds is 5. The number of carbonyl (C=O) groups excluding carboxylic acids is 2. The van der Waals surface area contributed by atoms with Crippen LogP contribution in [0.1, 0.15) is 65.8 Å². The number of urea groups is 1. The highest BCUT2D eigenvalue weighted by Crippen LogP contribution is 2.55. The zero-order chi connectivity index (χ0) is 22.5. The van der Waals surface area contributed by atoms with Crippen LogP contribution in [-0.4, -0.2) is 34.4 Å². The highest BCUT2D eigenvalue weighted by atomic mass is 16.5. The molecule has 7 heteroatoms. The topological polar surface area (TPSA) is 85.2 Å². The van der Waals surface area contributed by atoms with Gasteiger partial charge < -0.3 is 15.4 Å². The van der Waals surface area contributed by atoms with E-state index in [9.17, 15) is 9.59 Å². The largest absolute Gasteiger partial charge is 0.465 e. The maximum absolute atomic E-state index is 13.0. The maximum Gasteiger partial charge on any atom is 0.338 e. The van der Waals surface area contributed by atoms with Crippen LogP contribution in [0.3, 0.4) is 0 Å². The van der Waals surface area contributed by atoms with Crippen molar-refractivity contribution in [1.82, 2.24) is 15.1 Å². The minimum absolute atomic E-state index is 0.0317. The van der Waals surface area contributed by atoms with Crippen molar-refractivity contribution in [3.63, 3.8) is 0 Å². The van der Waals surface area contributed by atoms with Crippen molar-refractivity contribution in [2.75, 3.05) is 12.4 Å². The summed E-state index contributed by atoms with van der Waals surface area (Å²) in [7, 11) is 1.38. The number of hydrogen-bond acceptors (Lipinski definition) is 4. The van der Waals surface area contributed by atoms with E-state index in [1.807, 2.05) is 36.7 Å². The van der Waals surface area contributed by atoms with Gasteiger partial charge in [0.1, 0.15) is 0 Å². The third-order valence-electron chi connectivity index (χ3n) is 7.78. The van der Waals surface area contributed by atoms with Crippen molar-refractivity contribution >= 4 is 17.7 Å². The molecule has 4 saturated carbocycles. The number of aromatic nitrogens is 2. The van der Waals surface area contributed by atoms with Crippen molar-refractivity contribution in [3.05, 3.63) is 46.8 Å². The second-order valence-electron chi connectivity index (χ2n) is 10.1. The molecule has 6 rings (SSSR count). The molecule has 0 saturated heterocycles. The lowest BCUT2D eigenvalue weighted by Crippen LogP contribution is -2.60. The van der Waals surface area contributed by atoms with Crippen LogP contribution in [0, 0.1) is 31.6 Å². The van der Waals surface area contributed by atoms with Gasteiger partial charge in [-0.2, -0.15) is 5.10 Å². The molecule has 2 amide bonds. The molecule has 0 aliphatic heterocycles. The molecule has 4 aliphatic carbocycles. The van der Waals surface area contributed by atoms with Crippen LogP contribution in [-0.2, 0) is 11.3 Å². The van der Waals surface area contributed by atoms with E-state index in [1.54, 1.807) is 6.07 Å². The predicted molar refractivity (Wildman–Crippen MR) is 122 cm³/mol. The molecule has 1 aromatic carbocycles. The van der Waals surface area contributed by atoms with Gasteiger partial charge in [-0.1, -0.05) is 18.2 Å². The van der Waals surface area contributed by atoms with Crippen LogP contribution in [0.5, 0.6) is 0 Å². The molecule has 1 aromatic heterocycles. The summed E-state index contributed by atoms with van der Waals surface area (Å²) >= 11 is 0. The highest BCUT2D eigenvalue weighted by molar-refractivity contribution is 5.91. The van der Waals surface area contributed by atoms with Crippen LogP contribution in [0.25, 0.3) is 0 Å². The van der Waals surface area contributed by atoms with Gasteiger partial charge in [-0.05, 0) is 81.8 Å². The first-order valence-electron chi connectivity index (χ1n) is 11.6. The molecule has 4 fully saturated rings. The summed E-state index contributed by atoms with van der Waals surface area (Å²) in [4.78, 5) is 25.1. The first-order chi connectivity index (χ1) is 15.4. The van der Waals surface area contributed by atoms with Crippen LogP contribution >= 0.6 is 0 Å². The van der Waals surface area contributed by atoms with Crippen LogP contribution in [0.15, 0.2) is 24.3 Å². The van der Waals surface area contributed by atoms with Crippen molar-refractivity contribution in [3.8, 4) is 0 Å². The number of anilines is 1. The van der Waals surface area contributed by atoms with Crippen molar-refractivity contribution in [2.24, 2.45) is 17.8 Å². The lowest BCUT2D eigenvalue weighted by atomic mass is 9.53. The second-order valence-corrected chi connectivity index (χ2v) is 10.1. The Kier molecular flexibility index (Phi) is 5.22. The van der Waals surface area contributed by atoms with E-state index in [4.69, 9.17) is 4.74 Å². The first kappa shape index (κ1) is 21.0. The summed E-state index contributed by atoms with van der Waals surface area (Å²) in [6.07, 6.45) is 7.40. The first-order valence-corrected chi connectivity index (χ1v) is 11.6. The van der Waals surface area contributed by atoms with Gasteiger partial charge in [0, 0.05) is 5.54 Å². The van der Waals surface area contributed by atoms with Gasteiger partial charge in [0.25, 0.3) is 0 Å². The molecule has 0 unspecified atom stereocenters. The normalized spacial score (nSPS) is 27.9. The molecule has 32 heavy (non-hydrogen) atoms. The Hall–Kier alpha value is -2.83. The van der Waals surface area contributed by atoms with E-state index < -0.39 is 0 Å². The zero-order valence-electron chi connectivity index (χ0n) is 19.1. The van der Waals surface area contributed by atoms with Gasteiger partial charge in [-0.25, -0.2) is 9.59 Å². The Morgan fingerprint density at radius 1 is 1.09 bits per heavy atom. The third-order valence-corrected chi connectivity index (χ3v) is 7.78. The number of nitrogens with zero attached hydrogens (tertiary/aromatic N) is 2. The molecule has 170 valence electrons. The van der Waals surface area contributed by atoms with E-state index in [-0.39, 0.29) is 17.5 Å². The Morgan fingerprint density at radius 2 is 1.72 bits per heavy atom. The minimum atomic E-state index is -0.365. The highest BCUT2D eigenvalue weighted by Gasteiger charge is 2.51. The zero-order valence-corrected chi connectivity index (χ0v) is 19.1. The minimum Gasteiger partial charge on any atom is -0.465 e. The Bertz CT molecular complexity index is 1020. The van der Waals surface area contributed by atoms with Crippen LogP contribution in [0.2, 0.25) is 0 Å². The third kappa shape index (κ3) is 3.78. The van der Waals surface area contributed by atoms with Crippen LogP contribution in [0.4, 0.5) is 10.5 Å². The second kappa shape index (κ2) is 7.94. The lowest BCUT2D eigenvalue weighted by Gasteiger charge is -2.56. The van der Waals surface area contributed by atoms with E-state index >= 15 is 0 Å². The summed E-state index contributed by atoms with van der Waals surface area (Å²) < 4.78 is 6.74. The molecule has 2 aromatic rings. The fourth-order valence-corrected chi connectivity index (χ4v) is 6.81. The molecular weight excluding hydrogens is 404 g/mol. The number of hydrogen-bond donors (Lipinski definition) is 2. The molecule has 0 radical (unpaired) electrons. The van der Waals surface area contributed by atoms with E-state index in [1.165, 1.54) is 26.4 Å². The van der Waals surface area contributed by atoms with E-state index in [0.717, 1.165) is 59.7 Å². The predicted octanol–water partition coefficient (Wildman–Crippen LogP) is 4.43. The lowest BCUT2D eigenvalue weighted by molar-refractivity contribution is -0.0127. The SMILES string of the molecule is COC(=O)c1ccccc1Cn1nc(C)c(NC(=O)NC23CC4CC(CC(C4)C2)C3)c1C. The van der Waals surface area contributed by atoms with Gasteiger partial charge in [-0.15, -0.1) is 0 Å². The number of amides is 2. The molecule has 1 heterocycles. The summed E-state index contributed by atoms with van der Waals surface area (Å²) in [5.41, 5.74) is 3.69. The number of ether oxygens (including phenoxy) is 1. The number of aryl methyl sites for hydroxylation is 1. The van der Waals surface area contributed by atoms with Gasteiger partial charge in [0.2, 0.25) is 0 Å². The summed E-state index contributed by atoms with van der Waals surface area (Å²) in [6, 6.07) is 7.23. The van der Waals surface area contributed by atoms with Crippen molar-refractivity contribution < 1.29 is 14.3 Å². The number of nitrogens with one attached hydrogen (secondary N) is 2. The van der Waals surface area contributed by atoms with Gasteiger partial charge in [0.15, 0.2) is 0 Å². The summed E-state index contributed by atoms with van der Waals surface area (Å²) in [6.45, 7) is 4.27. The Labute approximate surface area is 188 Å². The van der Waals surface area contributed by atoms with Crippen molar-refractivity contribution in [1.29, 1.82) is 0 Å². The van der Waals surface area contributed by atoms with Crippen LogP contribution < -0.4 is 10.6 Å². The summed E-state index contributed by atoms with van der Waals surface area (Å²) in [5, 5.41) is 11.1. The fourth-order valence-electron chi connectivity index (χ4n) is 6.81. The molecule has 0 spiro atoms. The van der Waals surface area contributed by atoms with Gasteiger partial charge >= 0.3 is 12.0 Å². The monoisotopic (exact) mass is 436 g/mol. The smallest absolute Gasteiger partial charge is 0.338 e. The maximum atomic E-state index is 13.0. The average molecular weight is 437 g/mol. The average Bonchev–Trinajstić information content (AvgIpc) is 2.99. The van der Waals surface area contributed by atoms with E-state index in [2.05, 4.69) is 15.7 Å². The molecule has 7 nitrogen and oxygen atoms in total. The molecule has 0 atom stereocenters. The Balaban J connectivity index is 1.31. The molecule has 4 aliphatic rings. The van der Waals surface area contributed by atoms with Crippen molar-refractivity contribution in [2.45, 2.75) is 64.5 Å². The summed E-state index contributed by atoms with van der Waals surface area (Å²) in [5.74, 6) is 1.98. The van der Waals surface area contributed by atoms with E-state index in [0.29, 0.717) is 12.1 Å². The fraction of sp³-hybridized carbons (Fsp3) is 0.560. The Morgan fingerprint density at radius 3 is 2.34 bits per heavy atom. The number of carbonyl (C=O) groups is 2. The quantitative estimate of drug-likeness (QED) is 0.679. The van der Waals surface area contributed by atoms with Gasteiger partial charge in [-0.3, -0.25) is 4.68 Å². The molecular formula is C25H32N4O3. The standard InChI is InChI=1S/C25H32N4O3/c1-15-22(16(2)29(28-15)14-20-6-4-5-7-21(20)23(30)32-3)26-24(31)27-25-11-17-8-18(12-25)10-19(9-17)13-25/h4-7,17-19H,8-14H2,1-3H3,(H2,26,27,31). The number of esters is 1. The number of benzene rings is 1. The van der Waals surface area contributed by atoms with Gasteiger partial charge in [0.05, 0.1) is 36.3 Å².